The number of aromatic nitrogens is 1. The summed E-state index contributed by atoms with van der Waals surface area (Å²) in [5.74, 6) is 0.141. The highest BCUT2D eigenvalue weighted by Gasteiger charge is 2.33. The van der Waals surface area contributed by atoms with E-state index in [2.05, 4.69) is 40.2 Å². The van der Waals surface area contributed by atoms with Crippen LogP contribution in [0.2, 0.25) is 0 Å². The third kappa shape index (κ3) is 2.13. The lowest BCUT2D eigenvalue weighted by Crippen LogP contribution is -2.52. The molecule has 4 heteroatoms. The van der Waals surface area contributed by atoms with E-state index in [1.54, 1.807) is 0 Å². The van der Waals surface area contributed by atoms with Crippen LogP contribution in [-0.2, 0) is 0 Å². The first-order valence-corrected chi connectivity index (χ1v) is 8.83. The molecule has 3 aromatic rings. The van der Waals surface area contributed by atoms with Crippen molar-refractivity contribution in [1.82, 2.24) is 14.8 Å². The van der Waals surface area contributed by atoms with Gasteiger partial charge < -0.3 is 9.88 Å². The van der Waals surface area contributed by atoms with Gasteiger partial charge in [0.05, 0.1) is 0 Å². The zero-order chi connectivity index (χ0) is 16.1. The number of hydrogen-bond donors (Lipinski definition) is 1. The highest BCUT2D eigenvalue weighted by Crippen LogP contribution is 2.27. The molecule has 1 amide bonds. The molecule has 1 aromatic heterocycles. The second-order valence-electron chi connectivity index (χ2n) is 7.01. The number of fused-ring (bicyclic) bond motifs is 4. The second-order valence-corrected chi connectivity index (χ2v) is 7.01. The van der Waals surface area contributed by atoms with Crippen molar-refractivity contribution < 1.29 is 4.79 Å². The minimum atomic E-state index is 0.141. The van der Waals surface area contributed by atoms with Gasteiger partial charge in [-0.15, -0.1) is 0 Å². The summed E-state index contributed by atoms with van der Waals surface area (Å²) in [7, 11) is 0. The minimum Gasteiger partial charge on any atom is -0.351 e. The van der Waals surface area contributed by atoms with Gasteiger partial charge in [-0.25, -0.2) is 0 Å². The monoisotopic (exact) mass is 319 g/mol. The topological polar surface area (TPSA) is 39.3 Å². The van der Waals surface area contributed by atoms with E-state index in [4.69, 9.17) is 0 Å². The highest BCUT2D eigenvalue weighted by molar-refractivity contribution is 6.09. The van der Waals surface area contributed by atoms with Crippen LogP contribution in [0.3, 0.4) is 0 Å². The predicted molar refractivity (Wildman–Crippen MR) is 96.3 cm³/mol. The van der Waals surface area contributed by atoms with Crippen LogP contribution in [0.25, 0.3) is 21.7 Å². The van der Waals surface area contributed by atoms with E-state index in [1.807, 2.05) is 17.0 Å². The van der Waals surface area contributed by atoms with Crippen LogP contribution in [0.5, 0.6) is 0 Å². The average Bonchev–Trinajstić information content (AvgIpc) is 3.27. The molecule has 24 heavy (non-hydrogen) atoms. The zero-order valence-corrected chi connectivity index (χ0v) is 13.7. The van der Waals surface area contributed by atoms with Crippen molar-refractivity contribution in [2.24, 2.45) is 0 Å². The van der Waals surface area contributed by atoms with Gasteiger partial charge in [-0.1, -0.05) is 30.3 Å². The fourth-order valence-corrected chi connectivity index (χ4v) is 4.35. The van der Waals surface area contributed by atoms with Crippen LogP contribution < -0.4 is 0 Å². The molecule has 2 aliphatic rings. The molecule has 5 rings (SSSR count). The molecule has 2 aliphatic heterocycles. The number of hydrogen-bond acceptors (Lipinski definition) is 2. The van der Waals surface area contributed by atoms with E-state index in [-0.39, 0.29) is 5.91 Å². The number of nitrogens with one attached hydrogen (secondary N) is 1. The number of nitrogens with zero attached hydrogens (tertiary/aromatic N) is 2. The van der Waals surface area contributed by atoms with Crippen LogP contribution in [0.15, 0.2) is 42.5 Å². The Labute approximate surface area is 141 Å². The Morgan fingerprint density at radius 2 is 1.96 bits per heavy atom. The first-order chi connectivity index (χ1) is 11.8. The maximum atomic E-state index is 13.0. The summed E-state index contributed by atoms with van der Waals surface area (Å²) >= 11 is 0. The highest BCUT2D eigenvalue weighted by atomic mass is 16.2. The molecule has 0 saturated carbocycles. The first-order valence-electron chi connectivity index (χ1n) is 8.83. The Hall–Kier alpha value is -2.33. The summed E-state index contributed by atoms with van der Waals surface area (Å²) in [6.45, 7) is 3.92. The molecular weight excluding hydrogens is 298 g/mol. The lowest BCUT2D eigenvalue weighted by molar-refractivity contribution is 0.0566. The fourth-order valence-electron chi connectivity index (χ4n) is 4.35. The number of carbonyl (C=O) groups excluding carboxylic acids is 1. The van der Waals surface area contributed by atoms with Crippen molar-refractivity contribution >= 4 is 27.6 Å². The molecule has 4 nitrogen and oxygen atoms in total. The number of rotatable bonds is 1. The van der Waals surface area contributed by atoms with Gasteiger partial charge in [-0.2, -0.15) is 0 Å². The van der Waals surface area contributed by atoms with Crippen molar-refractivity contribution in [3.63, 3.8) is 0 Å². The number of piperazine rings is 1. The van der Waals surface area contributed by atoms with Crippen LogP contribution >= 0.6 is 0 Å². The number of carbonyl (C=O) groups is 1. The maximum absolute atomic E-state index is 13.0. The molecule has 0 spiro atoms. The first kappa shape index (κ1) is 14.1. The average molecular weight is 319 g/mol. The molecule has 0 radical (unpaired) electrons. The normalized spacial score (nSPS) is 21.5. The van der Waals surface area contributed by atoms with Crippen LogP contribution in [0, 0.1) is 0 Å². The third-order valence-electron chi connectivity index (χ3n) is 5.63. The third-order valence-corrected chi connectivity index (χ3v) is 5.63. The van der Waals surface area contributed by atoms with Gasteiger partial charge in [0.15, 0.2) is 0 Å². The van der Waals surface area contributed by atoms with Gasteiger partial charge in [-0.3, -0.25) is 9.69 Å². The second kappa shape index (κ2) is 5.35. The molecule has 3 heterocycles. The Bertz CT molecular complexity index is 929. The summed E-state index contributed by atoms with van der Waals surface area (Å²) in [5.41, 5.74) is 1.75. The minimum absolute atomic E-state index is 0.141. The van der Waals surface area contributed by atoms with Crippen LogP contribution in [0.4, 0.5) is 0 Å². The van der Waals surface area contributed by atoms with Crippen molar-refractivity contribution in [3.05, 3.63) is 48.2 Å². The number of H-pyrrole nitrogens is 1. The van der Waals surface area contributed by atoms with Gasteiger partial charge in [0.2, 0.25) is 0 Å². The Morgan fingerprint density at radius 3 is 2.92 bits per heavy atom. The standard InChI is InChI=1S/C20H21N3O/c24-20(23-11-10-22-9-3-5-15(22)13-23)19-12-17-16-6-2-1-4-14(16)7-8-18(17)21-19/h1-2,4,6-8,12,15,21H,3,5,9-11,13H2. The molecule has 1 atom stereocenters. The van der Waals surface area contributed by atoms with Crippen molar-refractivity contribution in [3.8, 4) is 0 Å². The Kier molecular flexibility index (Phi) is 3.13. The fraction of sp³-hybridized carbons (Fsp3) is 0.350. The summed E-state index contributed by atoms with van der Waals surface area (Å²) in [6, 6.07) is 15.1. The maximum Gasteiger partial charge on any atom is 0.270 e. The Balaban J connectivity index is 1.50. The molecule has 2 saturated heterocycles. The van der Waals surface area contributed by atoms with Crippen molar-refractivity contribution in [2.75, 3.05) is 26.2 Å². The molecule has 1 unspecified atom stereocenters. The smallest absolute Gasteiger partial charge is 0.270 e. The van der Waals surface area contributed by atoms with E-state index in [9.17, 15) is 4.79 Å². The van der Waals surface area contributed by atoms with E-state index in [0.717, 1.165) is 30.5 Å². The Morgan fingerprint density at radius 1 is 1.04 bits per heavy atom. The van der Waals surface area contributed by atoms with Crippen molar-refractivity contribution in [1.29, 1.82) is 0 Å². The van der Waals surface area contributed by atoms with E-state index >= 15 is 0 Å². The quantitative estimate of drug-likeness (QED) is 0.748. The van der Waals surface area contributed by atoms with Gasteiger partial charge in [0, 0.05) is 36.6 Å². The summed E-state index contributed by atoms with van der Waals surface area (Å²) < 4.78 is 0. The molecule has 122 valence electrons. The number of aromatic amines is 1. The van der Waals surface area contributed by atoms with E-state index < -0.39 is 0 Å². The lowest BCUT2D eigenvalue weighted by Gasteiger charge is -2.37. The van der Waals surface area contributed by atoms with Gasteiger partial charge in [0.1, 0.15) is 5.69 Å². The van der Waals surface area contributed by atoms with Crippen LogP contribution in [-0.4, -0.2) is 52.9 Å². The van der Waals surface area contributed by atoms with Gasteiger partial charge >= 0.3 is 0 Å². The molecule has 0 aliphatic carbocycles. The van der Waals surface area contributed by atoms with E-state index in [0.29, 0.717) is 11.7 Å². The van der Waals surface area contributed by atoms with Crippen molar-refractivity contribution in [2.45, 2.75) is 18.9 Å². The molecule has 1 N–H and O–H groups in total. The number of benzene rings is 2. The lowest BCUT2D eigenvalue weighted by atomic mass is 10.1. The van der Waals surface area contributed by atoms with Gasteiger partial charge in [-0.05, 0) is 42.3 Å². The zero-order valence-electron chi connectivity index (χ0n) is 13.7. The summed E-state index contributed by atoms with van der Waals surface area (Å²) in [6.07, 6.45) is 2.49. The predicted octanol–water partition coefficient (Wildman–Crippen LogP) is 3.24. The van der Waals surface area contributed by atoms with Crippen LogP contribution in [0.1, 0.15) is 23.3 Å². The SMILES string of the molecule is O=C(c1cc2c(ccc3ccccc32)[nH]1)N1CCN2CCCC2C1. The summed E-state index contributed by atoms with van der Waals surface area (Å²) in [4.78, 5) is 20.9. The van der Waals surface area contributed by atoms with E-state index in [1.165, 1.54) is 30.2 Å². The molecule has 2 fully saturated rings. The largest absolute Gasteiger partial charge is 0.351 e. The number of amides is 1. The van der Waals surface area contributed by atoms with Gasteiger partial charge in [0.25, 0.3) is 5.91 Å². The molecular formula is C20H21N3O. The molecule has 2 aromatic carbocycles. The summed E-state index contributed by atoms with van der Waals surface area (Å²) in [5, 5.41) is 3.55. The molecule has 0 bridgehead atoms.